The molecule has 1 aromatic heterocycles. The van der Waals surface area contributed by atoms with Crippen LogP contribution in [0.25, 0.3) is 6.08 Å². The lowest BCUT2D eigenvalue weighted by Crippen LogP contribution is -2.41. The highest BCUT2D eigenvalue weighted by Crippen LogP contribution is 2.44. The number of fused-ring (bicyclic) bond motifs is 2. The minimum absolute atomic E-state index is 0.0152. The molecule has 2 heterocycles. The average Bonchev–Trinajstić information content (AvgIpc) is 3.15. The van der Waals surface area contributed by atoms with E-state index in [4.69, 9.17) is 0 Å². The fourth-order valence-electron chi connectivity index (χ4n) is 4.15. The van der Waals surface area contributed by atoms with Gasteiger partial charge in [0.25, 0.3) is 5.91 Å². The molecule has 1 saturated heterocycles. The zero-order valence-electron chi connectivity index (χ0n) is 17.5. The number of anilines is 1. The Morgan fingerprint density at radius 1 is 1.06 bits per heavy atom. The number of piperidine rings is 1. The topological polar surface area (TPSA) is 104 Å². The molecule has 2 N–H and O–H groups in total. The summed E-state index contributed by atoms with van der Waals surface area (Å²) >= 11 is 0. The number of alkyl halides is 3. The highest BCUT2D eigenvalue weighted by Gasteiger charge is 2.45. The highest BCUT2D eigenvalue weighted by molar-refractivity contribution is 7.90. The smallest absolute Gasteiger partial charge is 0.355 e. The standard InChI is InChI=1S/C21H22F3N5O3S/c22-21(23,24)33(31,32)26-12-11-25-19(30)17-5-6-18(28-27-17)29-13-9-20(10-14-29)8-7-15-3-1-2-4-16(15)20/h1-8,26H,9-14H2,(H,25,30). The van der Waals surface area contributed by atoms with Crippen LogP contribution in [0.1, 0.15) is 34.5 Å². The third-order valence-corrected chi connectivity index (χ3v) is 7.14. The second kappa shape index (κ2) is 8.75. The summed E-state index contributed by atoms with van der Waals surface area (Å²) in [6.45, 7) is 0.615. The lowest BCUT2D eigenvalue weighted by Gasteiger charge is -2.39. The molecule has 0 unspecified atom stereocenters. The van der Waals surface area contributed by atoms with Crippen molar-refractivity contribution in [3.8, 4) is 0 Å². The predicted molar refractivity (Wildman–Crippen MR) is 116 cm³/mol. The average molecular weight is 482 g/mol. The van der Waals surface area contributed by atoms with E-state index in [0.29, 0.717) is 5.82 Å². The van der Waals surface area contributed by atoms with Crippen molar-refractivity contribution in [2.75, 3.05) is 31.1 Å². The van der Waals surface area contributed by atoms with E-state index < -0.39 is 28.0 Å². The van der Waals surface area contributed by atoms with Crippen molar-refractivity contribution in [3.05, 3.63) is 59.3 Å². The maximum absolute atomic E-state index is 12.3. The Kier molecular flexibility index (Phi) is 6.14. The molecule has 4 rings (SSSR count). The number of carbonyl (C=O) groups is 1. The number of aromatic nitrogens is 2. The van der Waals surface area contributed by atoms with Gasteiger partial charge in [-0.3, -0.25) is 4.79 Å². The molecule has 0 saturated carbocycles. The van der Waals surface area contributed by atoms with Gasteiger partial charge in [0.05, 0.1) is 0 Å². The van der Waals surface area contributed by atoms with Crippen molar-refractivity contribution in [3.63, 3.8) is 0 Å². The number of allylic oxidation sites excluding steroid dienone is 1. The Hall–Kier alpha value is -2.99. The summed E-state index contributed by atoms with van der Waals surface area (Å²) in [4.78, 5) is 14.2. The highest BCUT2D eigenvalue weighted by atomic mass is 32.2. The fraction of sp³-hybridized carbons (Fsp3) is 0.381. The van der Waals surface area contributed by atoms with Crippen molar-refractivity contribution in [1.29, 1.82) is 0 Å². The first-order valence-corrected chi connectivity index (χ1v) is 11.8. The lowest BCUT2D eigenvalue weighted by atomic mass is 9.74. The maximum atomic E-state index is 12.3. The van der Waals surface area contributed by atoms with Gasteiger partial charge in [0.1, 0.15) is 0 Å². The van der Waals surface area contributed by atoms with Crippen molar-refractivity contribution < 1.29 is 26.4 Å². The lowest BCUT2D eigenvalue weighted by molar-refractivity contribution is -0.0447. The van der Waals surface area contributed by atoms with E-state index in [1.165, 1.54) is 21.9 Å². The minimum Gasteiger partial charge on any atom is -0.355 e. The number of halogens is 3. The van der Waals surface area contributed by atoms with Crippen molar-refractivity contribution in [2.45, 2.75) is 23.8 Å². The van der Waals surface area contributed by atoms with Crippen LogP contribution in [0.2, 0.25) is 0 Å². The van der Waals surface area contributed by atoms with Crippen LogP contribution in [-0.2, 0) is 15.4 Å². The Bertz CT molecular complexity index is 1160. The van der Waals surface area contributed by atoms with Gasteiger partial charge in [0.15, 0.2) is 11.5 Å². The van der Waals surface area contributed by atoms with Gasteiger partial charge in [0, 0.05) is 31.6 Å². The summed E-state index contributed by atoms with van der Waals surface area (Å²) in [6.07, 6.45) is 6.31. The van der Waals surface area contributed by atoms with E-state index in [-0.39, 0.29) is 17.7 Å². The number of sulfonamides is 1. The van der Waals surface area contributed by atoms with Gasteiger partial charge >= 0.3 is 15.5 Å². The zero-order chi connectivity index (χ0) is 23.7. The molecule has 1 aromatic carbocycles. The van der Waals surface area contributed by atoms with E-state index in [1.54, 1.807) is 6.07 Å². The van der Waals surface area contributed by atoms with Gasteiger partial charge in [-0.25, -0.2) is 13.1 Å². The van der Waals surface area contributed by atoms with Crippen LogP contribution in [0, 0.1) is 0 Å². The van der Waals surface area contributed by atoms with Crippen LogP contribution in [0.5, 0.6) is 0 Å². The monoisotopic (exact) mass is 481 g/mol. The first-order valence-electron chi connectivity index (χ1n) is 10.3. The van der Waals surface area contributed by atoms with E-state index in [2.05, 4.69) is 50.8 Å². The molecule has 1 aliphatic heterocycles. The molecule has 12 heteroatoms. The largest absolute Gasteiger partial charge is 0.511 e. The molecule has 0 radical (unpaired) electrons. The van der Waals surface area contributed by atoms with Gasteiger partial charge in [-0.2, -0.15) is 13.2 Å². The van der Waals surface area contributed by atoms with Crippen LogP contribution in [0.3, 0.4) is 0 Å². The van der Waals surface area contributed by atoms with Gasteiger partial charge in [-0.05, 0) is 36.1 Å². The normalized spacial score (nSPS) is 17.2. The Morgan fingerprint density at radius 3 is 2.45 bits per heavy atom. The third kappa shape index (κ3) is 4.71. The molecule has 1 fully saturated rings. The van der Waals surface area contributed by atoms with Gasteiger partial charge in [-0.1, -0.05) is 36.4 Å². The van der Waals surface area contributed by atoms with Crippen LogP contribution in [0.15, 0.2) is 42.5 Å². The number of carbonyl (C=O) groups excluding carboxylic acids is 1. The summed E-state index contributed by atoms with van der Waals surface area (Å²) in [5.74, 6) is -0.0276. The summed E-state index contributed by atoms with van der Waals surface area (Å²) in [6, 6.07) is 11.5. The number of nitrogens with one attached hydrogen (secondary N) is 2. The number of hydrogen-bond donors (Lipinski definition) is 2. The molecule has 1 spiro atoms. The van der Waals surface area contributed by atoms with E-state index in [0.717, 1.165) is 25.9 Å². The summed E-state index contributed by atoms with van der Waals surface area (Å²) in [5, 5.41) is 10.3. The Balaban J connectivity index is 1.29. The molecule has 1 amide bonds. The van der Waals surface area contributed by atoms with E-state index in [9.17, 15) is 26.4 Å². The minimum atomic E-state index is -5.44. The predicted octanol–water partition coefficient (Wildman–Crippen LogP) is 2.21. The Morgan fingerprint density at radius 2 is 1.79 bits per heavy atom. The van der Waals surface area contributed by atoms with E-state index in [1.807, 2.05) is 6.07 Å². The molecule has 0 atom stereocenters. The molecule has 8 nitrogen and oxygen atoms in total. The zero-order valence-corrected chi connectivity index (χ0v) is 18.3. The molecule has 0 bridgehead atoms. The molecule has 33 heavy (non-hydrogen) atoms. The first kappa shape index (κ1) is 23.2. The number of benzene rings is 1. The van der Waals surface area contributed by atoms with E-state index >= 15 is 0 Å². The number of amides is 1. The summed E-state index contributed by atoms with van der Waals surface area (Å²) in [5.41, 5.74) is -2.77. The van der Waals surface area contributed by atoms with Crippen molar-refractivity contribution in [1.82, 2.24) is 20.2 Å². The first-order chi connectivity index (χ1) is 15.6. The summed E-state index contributed by atoms with van der Waals surface area (Å²) in [7, 11) is -5.44. The van der Waals surface area contributed by atoms with Crippen LogP contribution in [0.4, 0.5) is 19.0 Å². The molecular weight excluding hydrogens is 459 g/mol. The van der Waals surface area contributed by atoms with Gasteiger partial charge in [0.2, 0.25) is 0 Å². The van der Waals surface area contributed by atoms with Crippen LogP contribution < -0.4 is 14.9 Å². The van der Waals surface area contributed by atoms with Gasteiger partial charge in [-0.15, -0.1) is 10.2 Å². The van der Waals surface area contributed by atoms with Crippen LogP contribution in [-0.4, -0.2) is 56.2 Å². The SMILES string of the molecule is O=C(NCCNS(=O)(=O)C(F)(F)F)c1ccc(N2CCC3(C=Cc4ccccc43)CC2)nn1. The quantitative estimate of drug-likeness (QED) is 0.614. The molecule has 2 aliphatic rings. The summed E-state index contributed by atoms with van der Waals surface area (Å²) < 4.78 is 60.0. The molecule has 2 aromatic rings. The Labute approximate surface area is 188 Å². The van der Waals surface area contributed by atoms with Crippen molar-refractivity contribution >= 4 is 27.8 Å². The third-order valence-electron chi connectivity index (χ3n) is 5.95. The number of nitrogens with zero attached hydrogens (tertiary/aromatic N) is 3. The van der Waals surface area contributed by atoms with Crippen LogP contribution >= 0.6 is 0 Å². The number of hydrogen-bond acceptors (Lipinski definition) is 6. The van der Waals surface area contributed by atoms with Crippen molar-refractivity contribution in [2.24, 2.45) is 0 Å². The second-order valence-corrected chi connectivity index (χ2v) is 9.70. The fourth-order valence-corrected chi connectivity index (χ4v) is 4.69. The molecule has 176 valence electrons. The molecule has 1 aliphatic carbocycles. The van der Waals surface area contributed by atoms with Gasteiger partial charge < -0.3 is 10.2 Å². The maximum Gasteiger partial charge on any atom is 0.511 e. The molecular formula is C21H22F3N5O3S. The number of rotatable bonds is 6. The second-order valence-electron chi connectivity index (χ2n) is 7.94.